The van der Waals surface area contributed by atoms with E-state index in [2.05, 4.69) is 0 Å². The van der Waals surface area contributed by atoms with Gasteiger partial charge in [0.25, 0.3) is 5.91 Å². The van der Waals surface area contributed by atoms with Gasteiger partial charge in [0.2, 0.25) is 0 Å². The van der Waals surface area contributed by atoms with Crippen molar-refractivity contribution in [2.45, 2.75) is 0 Å². The van der Waals surface area contributed by atoms with Gasteiger partial charge in [-0.3, -0.25) is 4.79 Å². The van der Waals surface area contributed by atoms with E-state index in [-0.39, 0.29) is 11.7 Å². The number of carbonyl (C=O) groups is 1. The number of halogens is 1. The van der Waals surface area contributed by atoms with Crippen molar-refractivity contribution in [3.8, 4) is 5.75 Å². The Kier molecular flexibility index (Phi) is 4.52. The van der Waals surface area contributed by atoms with E-state index in [0.717, 1.165) is 0 Å². The van der Waals surface area contributed by atoms with E-state index in [0.29, 0.717) is 23.8 Å². The van der Waals surface area contributed by atoms with Crippen LogP contribution in [0.4, 0.5) is 4.39 Å². The Bertz CT molecular complexity index is 542. The molecule has 0 bridgehead atoms. The van der Waals surface area contributed by atoms with Crippen molar-refractivity contribution in [2.75, 3.05) is 20.2 Å². The predicted molar refractivity (Wildman–Crippen MR) is 73.2 cm³/mol. The minimum absolute atomic E-state index is 0.0298. The summed E-state index contributed by atoms with van der Waals surface area (Å²) in [6, 6.07) is 9.58. The summed E-state index contributed by atoms with van der Waals surface area (Å²) in [5.74, 6) is 0.107. The number of nitrogens with zero attached hydrogens (tertiary/aromatic N) is 1. The van der Waals surface area contributed by atoms with Crippen molar-refractivity contribution in [1.29, 1.82) is 0 Å². The van der Waals surface area contributed by atoms with Gasteiger partial charge >= 0.3 is 0 Å². The average Bonchev–Trinajstić information content (AvgIpc) is 2.91. The Morgan fingerprint density at radius 1 is 1.37 bits per heavy atom. The van der Waals surface area contributed by atoms with Crippen molar-refractivity contribution in [3.63, 3.8) is 0 Å². The summed E-state index contributed by atoms with van der Waals surface area (Å²) >= 11 is 1.41. The number of thiophene rings is 1. The minimum Gasteiger partial charge on any atom is -0.492 e. The molecule has 100 valence electrons. The van der Waals surface area contributed by atoms with E-state index in [1.54, 1.807) is 30.1 Å². The second-order valence-corrected chi connectivity index (χ2v) is 4.96. The van der Waals surface area contributed by atoms with E-state index >= 15 is 0 Å². The molecule has 5 heteroatoms. The molecule has 0 N–H and O–H groups in total. The fourth-order valence-corrected chi connectivity index (χ4v) is 2.26. The Balaban J connectivity index is 1.81. The van der Waals surface area contributed by atoms with Crippen molar-refractivity contribution in [2.24, 2.45) is 0 Å². The molecule has 1 amide bonds. The van der Waals surface area contributed by atoms with E-state index in [9.17, 15) is 9.18 Å². The van der Waals surface area contributed by atoms with Gasteiger partial charge in [-0.1, -0.05) is 12.1 Å². The highest BCUT2D eigenvalue weighted by molar-refractivity contribution is 7.12. The fourth-order valence-electron chi connectivity index (χ4n) is 1.55. The number of hydrogen-bond acceptors (Lipinski definition) is 3. The molecule has 2 aromatic rings. The largest absolute Gasteiger partial charge is 0.492 e. The van der Waals surface area contributed by atoms with Gasteiger partial charge in [0, 0.05) is 13.1 Å². The summed E-state index contributed by atoms with van der Waals surface area (Å²) in [6.45, 7) is 0.782. The minimum atomic E-state index is -0.333. The Hall–Kier alpha value is -1.88. The van der Waals surface area contributed by atoms with E-state index in [4.69, 9.17) is 4.74 Å². The molecular weight excluding hydrogens is 265 g/mol. The molecule has 3 nitrogen and oxygen atoms in total. The highest BCUT2D eigenvalue weighted by Gasteiger charge is 2.12. The van der Waals surface area contributed by atoms with Gasteiger partial charge in [0.05, 0.1) is 11.4 Å². The second-order valence-electron chi connectivity index (χ2n) is 4.01. The zero-order valence-electron chi connectivity index (χ0n) is 10.5. The molecule has 0 saturated heterocycles. The van der Waals surface area contributed by atoms with Crippen molar-refractivity contribution in [3.05, 3.63) is 52.5 Å². The lowest BCUT2D eigenvalue weighted by Gasteiger charge is -2.16. The number of hydrogen-bond donors (Lipinski definition) is 0. The van der Waals surface area contributed by atoms with Gasteiger partial charge in [-0.2, -0.15) is 0 Å². The van der Waals surface area contributed by atoms with Gasteiger partial charge in [-0.15, -0.1) is 11.3 Å². The van der Waals surface area contributed by atoms with Crippen LogP contribution in [0.5, 0.6) is 5.75 Å². The second kappa shape index (κ2) is 6.33. The van der Waals surface area contributed by atoms with Crippen LogP contribution in [-0.2, 0) is 0 Å². The van der Waals surface area contributed by atoms with E-state index in [1.165, 1.54) is 23.5 Å². The molecule has 2 rings (SSSR count). The molecule has 1 aromatic carbocycles. The summed E-state index contributed by atoms with van der Waals surface area (Å²) in [7, 11) is 1.72. The van der Waals surface area contributed by atoms with Gasteiger partial charge in [0.15, 0.2) is 0 Å². The Morgan fingerprint density at radius 3 is 2.89 bits per heavy atom. The number of rotatable bonds is 5. The third-order valence-electron chi connectivity index (χ3n) is 2.57. The number of likely N-dealkylation sites (N-methyl/N-ethyl adjacent to an activating group) is 1. The molecule has 1 aromatic heterocycles. The van der Waals surface area contributed by atoms with Crippen molar-refractivity contribution < 1.29 is 13.9 Å². The standard InChI is InChI=1S/C14H14FNO2S/c1-16(14(17)13-6-3-9-19-13)7-8-18-12-5-2-4-11(15)10-12/h2-6,9-10H,7-8H2,1H3. The maximum absolute atomic E-state index is 12.9. The van der Waals surface area contributed by atoms with Crippen LogP contribution in [0.2, 0.25) is 0 Å². The van der Waals surface area contributed by atoms with Crippen LogP contribution in [0.25, 0.3) is 0 Å². The molecule has 0 aliphatic carbocycles. The first-order chi connectivity index (χ1) is 9.16. The third kappa shape index (κ3) is 3.79. The lowest BCUT2D eigenvalue weighted by atomic mass is 10.3. The summed E-state index contributed by atoms with van der Waals surface area (Å²) in [5.41, 5.74) is 0. The Labute approximate surface area is 115 Å². The first-order valence-electron chi connectivity index (χ1n) is 5.84. The molecule has 0 unspecified atom stereocenters. The smallest absolute Gasteiger partial charge is 0.263 e. The van der Waals surface area contributed by atoms with Gasteiger partial charge in [0.1, 0.15) is 18.2 Å². The summed E-state index contributed by atoms with van der Waals surface area (Å²) in [6.07, 6.45) is 0. The first-order valence-corrected chi connectivity index (χ1v) is 6.72. The highest BCUT2D eigenvalue weighted by Crippen LogP contribution is 2.13. The maximum atomic E-state index is 12.9. The summed E-state index contributed by atoms with van der Waals surface area (Å²) in [4.78, 5) is 14.2. The highest BCUT2D eigenvalue weighted by atomic mass is 32.1. The Morgan fingerprint density at radius 2 is 2.21 bits per heavy atom. The lowest BCUT2D eigenvalue weighted by Crippen LogP contribution is -2.30. The van der Waals surface area contributed by atoms with Crippen LogP contribution in [-0.4, -0.2) is 31.0 Å². The molecule has 19 heavy (non-hydrogen) atoms. The van der Waals surface area contributed by atoms with Gasteiger partial charge in [-0.25, -0.2) is 4.39 Å². The monoisotopic (exact) mass is 279 g/mol. The summed E-state index contributed by atoms with van der Waals surface area (Å²) < 4.78 is 18.3. The van der Waals surface area contributed by atoms with Crippen LogP contribution in [0.1, 0.15) is 9.67 Å². The van der Waals surface area contributed by atoms with E-state index in [1.807, 2.05) is 11.4 Å². The molecule has 0 spiro atoms. The maximum Gasteiger partial charge on any atom is 0.263 e. The molecule has 0 fully saturated rings. The average molecular weight is 279 g/mol. The SMILES string of the molecule is CN(CCOc1cccc(F)c1)C(=O)c1cccs1. The third-order valence-corrected chi connectivity index (χ3v) is 3.43. The quantitative estimate of drug-likeness (QED) is 0.842. The van der Waals surface area contributed by atoms with Crippen LogP contribution in [0.3, 0.4) is 0 Å². The zero-order chi connectivity index (χ0) is 13.7. The summed E-state index contributed by atoms with van der Waals surface area (Å²) in [5, 5.41) is 1.87. The molecular formula is C14H14FNO2S. The normalized spacial score (nSPS) is 10.2. The zero-order valence-corrected chi connectivity index (χ0v) is 11.3. The van der Waals surface area contributed by atoms with E-state index < -0.39 is 0 Å². The van der Waals surface area contributed by atoms with Gasteiger partial charge in [-0.05, 0) is 23.6 Å². The number of ether oxygens (including phenoxy) is 1. The molecule has 1 heterocycles. The first kappa shape index (κ1) is 13.5. The van der Waals surface area contributed by atoms with Crippen molar-refractivity contribution >= 4 is 17.2 Å². The molecule has 0 atom stereocenters. The number of carbonyl (C=O) groups excluding carboxylic acids is 1. The van der Waals surface area contributed by atoms with Crippen LogP contribution in [0, 0.1) is 5.82 Å². The predicted octanol–water partition coefficient (Wildman–Crippen LogP) is 3.04. The lowest BCUT2D eigenvalue weighted by molar-refractivity contribution is 0.0778. The van der Waals surface area contributed by atoms with Crippen LogP contribution < -0.4 is 4.74 Å². The molecule has 0 aliphatic heterocycles. The molecule has 0 radical (unpaired) electrons. The number of amides is 1. The van der Waals surface area contributed by atoms with Crippen LogP contribution in [0.15, 0.2) is 41.8 Å². The van der Waals surface area contributed by atoms with Crippen molar-refractivity contribution in [1.82, 2.24) is 4.90 Å². The van der Waals surface area contributed by atoms with Gasteiger partial charge < -0.3 is 9.64 Å². The van der Waals surface area contributed by atoms with Crippen LogP contribution >= 0.6 is 11.3 Å². The number of benzene rings is 1. The molecule has 0 saturated carbocycles. The fraction of sp³-hybridized carbons (Fsp3) is 0.214. The topological polar surface area (TPSA) is 29.5 Å². The molecule has 0 aliphatic rings.